The number of carbonyl (C=O) groups is 2. The lowest BCUT2D eigenvalue weighted by Crippen LogP contribution is -2.33. The minimum Gasteiger partial charge on any atom is -0.503 e. The van der Waals surface area contributed by atoms with Gasteiger partial charge in [0.15, 0.2) is 11.5 Å². The number of hydrogen-bond acceptors (Lipinski definition) is 4. The monoisotopic (exact) mass is 348 g/mol. The molecule has 1 amide bonds. The molecule has 1 aliphatic rings. The second-order valence-corrected chi connectivity index (χ2v) is 6.89. The first-order valence-corrected chi connectivity index (χ1v) is 8.42. The van der Waals surface area contributed by atoms with Gasteiger partial charge in [0.05, 0.1) is 11.6 Å². The fraction of sp³-hybridized carbons (Fsp3) is 0.474. The van der Waals surface area contributed by atoms with Gasteiger partial charge in [-0.3, -0.25) is 9.59 Å². The predicted molar refractivity (Wildman–Crippen MR) is 93.5 cm³/mol. The molecule has 1 aromatic carbocycles. The van der Waals surface area contributed by atoms with Gasteiger partial charge < -0.3 is 14.9 Å². The summed E-state index contributed by atoms with van der Waals surface area (Å²) in [6, 6.07) is 5.02. The van der Waals surface area contributed by atoms with Crippen LogP contribution in [-0.4, -0.2) is 53.8 Å². The summed E-state index contributed by atoms with van der Waals surface area (Å²) in [5, 5.41) is 10.3. The summed E-state index contributed by atoms with van der Waals surface area (Å²) in [5.41, 5.74) is 0.726. The molecule has 1 aromatic rings. The molecule has 136 valence electrons. The van der Waals surface area contributed by atoms with Gasteiger partial charge in [0, 0.05) is 12.5 Å². The van der Waals surface area contributed by atoms with E-state index in [1.54, 1.807) is 26.0 Å². The molecule has 0 spiro atoms. The molecule has 0 aromatic heterocycles. The number of amides is 1. The van der Waals surface area contributed by atoms with Gasteiger partial charge in [-0.25, -0.2) is 4.39 Å². The van der Waals surface area contributed by atoms with Crippen molar-refractivity contribution in [1.82, 2.24) is 9.80 Å². The summed E-state index contributed by atoms with van der Waals surface area (Å²) in [4.78, 5) is 28.7. The van der Waals surface area contributed by atoms with Crippen LogP contribution in [-0.2, 0) is 9.59 Å². The number of aliphatic hydroxyl groups is 1. The van der Waals surface area contributed by atoms with Gasteiger partial charge in [0.2, 0.25) is 0 Å². The highest BCUT2D eigenvalue weighted by atomic mass is 19.1. The van der Waals surface area contributed by atoms with Crippen LogP contribution in [0.25, 0.3) is 0 Å². The van der Waals surface area contributed by atoms with E-state index in [2.05, 4.69) is 0 Å². The lowest BCUT2D eigenvalue weighted by atomic mass is 9.91. The van der Waals surface area contributed by atoms with Crippen LogP contribution >= 0.6 is 0 Å². The van der Waals surface area contributed by atoms with E-state index in [0.29, 0.717) is 18.5 Å². The molecule has 5 nitrogen and oxygen atoms in total. The smallest absolute Gasteiger partial charge is 0.290 e. The van der Waals surface area contributed by atoms with Crippen LogP contribution in [0.15, 0.2) is 35.6 Å². The number of Topliss-reactive ketones (excluding diaryl/α,β-unsaturated/α-hetero) is 1. The van der Waals surface area contributed by atoms with Crippen molar-refractivity contribution in [2.45, 2.75) is 26.3 Å². The number of ketones is 1. The zero-order valence-electron chi connectivity index (χ0n) is 15.1. The number of aliphatic hydroxyl groups excluding tert-OH is 1. The van der Waals surface area contributed by atoms with Crippen molar-refractivity contribution in [2.24, 2.45) is 5.92 Å². The molecule has 6 heteroatoms. The SMILES string of the molecule is CC(C)C(=O)C1=C(O)C(=O)N(CCCN(C)C)C1c1ccc(F)cc1. The Morgan fingerprint density at radius 3 is 2.40 bits per heavy atom. The molecule has 1 aliphatic heterocycles. The van der Waals surface area contributed by atoms with Gasteiger partial charge in [0.1, 0.15) is 5.82 Å². The van der Waals surface area contributed by atoms with Gasteiger partial charge in [-0.15, -0.1) is 0 Å². The quantitative estimate of drug-likeness (QED) is 0.823. The molecule has 1 atom stereocenters. The van der Waals surface area contributed by atoms with Crippen LogP contribution in [0.5, 0.6) is 0 Å². The van der Waals surface area contributed by atoms with E-state index in [4.69, 9.17) is 0 Å². The number of carbonyl (C=O) groups excluding carboxylic acids is 2. The summed E-state index contributed by atoms with van der Waals surface area (Å²) in [5.74, 6) is -2.04. The Kier molecular flexibility index (Phi) is 5.95. The molecule has 0 bridgehead atoms. The molecule has 1 heterocycles. The van der Waals surface area contributed by atoms with Crippen molar-refractivity contribution in [1.29, 1.82) is 0 Å². The zero-order valence-corrected chi connectivity index (χ0v) is 15.1. The number of halogens is 1. The van der Waals surface area contributed by atoms with E-state index in [9.17, 15) is 19.1 Å². The van der Waals surface area contributed by atoms with E-state index >= 15 is 0 Å². The Hall–Kier alpha value is -2.21. The lowest BCUT2D eigenvalue weighted by molar-refractivity contribution is -0.129. The summed E-state index contributed by atoms with van der Waals surface area (Å²) in [6.07, 6.45) is 0.701. The van der Waals surface area contributed by atoms with Crippen LogP contribution in [0.3, 0.4) is 0 Å². The third-order valence-corrected chi connectivity index (χ3v) is 4.28. The Bertz CT molecular complexity index is 680. The molecule has 2 rings (SSSR count). The first-order valence-electron chi connectivity index (χ1n) is 8.42. The second-order valence-electron chi connectivity index (χ2n) is 6.89. The zero-order chi connectivity index (χ0) is 18.7. The van der Waals surface area contributed by atoms with Crippen molar-refractivity contribution < 1.29 is 19.1 Å². The second kappa shape index (κ2) is 7.78. The van der Waals surface area contributed by atoms with Crippen LogP contribution in [0, 0.1) is 11.7 Å². The highest BCUT2D eigenvalue weighted by molar-refractivity contribution is 6.09. The van der Waals surface area contributed by atoms with Crippen molar-refractivity contribution in [3.8, 4) is 0 Å². The third-order valence-electron chi connectivity index (χ3n) is 4.28. The van der Waals surface area contributed by atoms with Gasteiger partial charge in [0.25, 0.3) is 5.91 Å². The minimum absolute atomic E-state index is 0.108. The van der Waals surface area contributed by atoms with E-state index < -0.39 is 23.5 Å². The van der Waals surface area contributed by atoms with Crippen LogP contribution in [0.4, 0.5) is 4.39 Å². The number of benzene rings is 1. The molecular weight excluding hydrogens is 323 g/mol. The maximum Gasteiger partial charge on any atom is 0.290 e. The minimum atomic E-state index is -0.676. The van der Waals surface area contributed by atoms with Crippen molar-refractivity contribution in [2.75, 3.05) is 27.2 Å². The van der Waals surface area contributed by atoms with Gasteiger partial charge >= 0.3 is 0 Å². The molecular formula is C19H25FN2O3. The Balaban J connectivity index is 2.40. The number of nitrogens with zero attached hydrogens (tertiary/aromatic N) is 2. The molecule has 25 heavy (non-hydrogen) atoms. The number of hydrogen-bond donors (Lipinski definition) is 1. The molecule has 0 fully saturated rings. The standard InChI is InChI=1S/C19H25FN2O3/c1-12(2)17(23)15-16(13-6-8-14(20)9-7-13)22(19(25)18(15)24)11-5-10-21(3)4/h6-9,12,16,24H,5,10-11H2,1-4H3. The Morgan fingerprint density at radius 2 is 1.88 bits per heavy atom. The van der Waals surface area contributed by atoms with Gasteiger partial charge in [-0.05, 0) is 44.8 Å². The first kappa shape index (κ1) is 19.1. The molecule has 1 N–H and O–H groups in total. The molecule has 0 aliphatic carbocycles. The van der Waals surface area contributed by atoms with Crippen molar-refractivity contribution >= 4 is 11.7 Å². The fourth-order valence-electron chi connectivity index (χ4n) is 3.00. The van der Waals surface area contributed by atoms with Gasteiger partial charge in [-0.1, -0.05) is 26.0 Å². The normalized spacial score (nSPS) is 18.0. The highest BCUT2D eigenvalue weighted by Gasteiger charge is 2.43. The predicted octanol–water partition coefficient (Wildman–Crippen LogP) is 2.70. The lowest BCUT2D eigenvalue weighted by Gasteiger charge is -2.27. The summed E-state index contributed by atoms with van der Waals surface area (Å²) < 4.78 is 13.3. The molecule has 1 unspecified atom stereocenters. The third kappa shape index (κ3) is 4.07. The average molecular weight is 348 g/mol. The van der Waals surface area contributed by atoms with E-state index in [1.165, 1.54) is 17.0 Å². The fourth-order valence-corrected chi connectivity index (χ4v) is 3.00. The van der Waals surface area contributed by atoms with Crippen LogP contribution in [0.2, 0.25) is 0 Å². The van der Waals surface area contributed by atoms with E-state index in [0.717, 1.165) is 6.54 Å². The number of rotatable bonds is 7. The average Bonchev–Trinajstić information content (AvgIpc) is 2.79. The Labute approximate surface area is 147 Å². The topological polar surface area (TPSA) is 60.9 Å². The van der Waals surface area contributed by atoms with Crippen LogP contribution < -0.4 is 0 Å². The van der Waals surface area contributed by atoms with Crippen LogP contribution in [0.1, 0.15) is 31.9 Å². The largest absolute Gasteiger partial charge is 0.503 e. The Morgan fingerprint density at radius 1 is 1.28 bits per heavy atom. The van der Waals surface area contributed by atoms with E-state index in [-0.39, 0.29) is 17.3 Å². The maximum absolute atomic E-state index is 13.3. The summed E-state index contributed by atoms with van der Waals surface area (Å²) >= 11 is 0. The van der Waals surface area contributed by atoms with Crippen molar-refractivity contribution in [3.63, 3.8) is 0 Å². The molecule has 0 saturated carbocycles. The summed E-state index contributed by atoms with van der Waals surface area (Å²) in [7, 11) is 3.87. The van der Waals surface area contributed by atoms with Gasteiger partial charge in [-0.2, -0.15) is 0 Å². The highest BCUT2D eigenvalue weighted by Crippen LogP contribution is 2.38. The van der Waals surface area contributed by atoms with E-state index in [1.807, 2.05) is 19.0 Å². The first-order chi connectivity index (χ1) is 11.7. The van der Waals surface area contributed by atoms with Crippen molar-refractivity contribution in [3.05, 3.63) is 47.0 Å². The molecule has 0 saturated heterocycles. The molecule has 0 radical (unpaired) electrons. The summed E-state index contributed by atoms with van der Waals surface area (Å²) in [6.45, 7) is 4.62. The maximum atomic E-state index is 13.3.